The molecular formula is C24H30N2O2. The lowest BCUT2D eigenvalue weighted by molar-refractivity contribution is -0.0238. The van der Waals surface area contributed by atoms with E-state index in [2.05, 4.69) is 35.4 Å². The number of aromatic nitrogens is 2. The summed E-state index contributed by atoms with van der Waals surface area (Å²) in [5.41, 5.74) is 4.78. The summed E-state index contributed by atoms with van der Waals surface area (Å²) in [4.78, 5) is 4.47. The Labute approximate surface area is 166 Å². The Bertz CT molecular complexity index is 997. The number of hydrogen-bond acceptors (Lipinski definition) is 3. The predicted octanol–water partition coefficient (Wildman–Crippen LogP) is 5.24. The number of oxazole rings is 1. The standard InChI is InChI=1S/C24H30N2O2/c1-23-9-7-16(27)13-15(23)3-4-17-18-5-6-20(24(18,2)10-8-19(17)23)21-14-25-22-26(21)11-12-28-22/h3,6,11-12,14,16-19,27H,4-5,7-10,13H2,1-2H3/t16-,17?,18?,19?,23-,24?/m0/s1. The van der Waals surface area contributed by atoms with Crippen molar-refractivity contribution in [2.45, 2.75) is 64.9 Å². The molecule has 2 aromatic rings. The molecule has 148 valence electrons. The van der Waals surface area contributed by atoms with Gasteiger partial charge in [-0.1, -0.05) is 31.6 Å². The van der Waals surface area contributed by atoms with E-state index in [4.69, 9.17) is 4.42 Å². The summed E-state index contributed by atoms with van der Waals surface area (Å²) in [7, 11) is 0. The van der Waals surface area contributed by atoms with Crippen molar-refractivity contribution in [1.29, 1.82) is 0 Å². The minimum Gasteiger partial charge on any atom is -0.432 e. The maximum Gasteiger partial charge on any atom is 0.306 e. The Morgan fingerprint density at radius 3 is 2.86 bits per heavy atom. The van der Waals surface area contributed by atoms with Crippen LogP contribution in [0.1, 0.15) is 64.5 Å². The zero-order valence-electron chi connectivity index (χ0n) is 16.9. The minimum absolute atomic E-state index is 0.122. The molecule has 0 aliphatic heterocycles. The third-order valence-corrected chi connectivity index (χ3v) is 9.08. The third-order valence-electron chi connectivity index (χ3n) is 9.08. The molecule has 4 unspecified atom stereocenters. The van der Waals surface area contributed by atoms with E-state index < -0.39 is 0 Å². The molecule has 2 saturated carbocycles. The highest BCUT2D eigenvalue weighted by atomic mass is 16.3. The predicted molar refractivity (Wildman–Crippen MR) is 109 cm³/mol. The molecule has 0 spiro atoms. The van der Waals surface area contributed by atoms with Gasteiger partial charge in [0.15, 0.2) is 0 Å². The van der Waals surface area contributed by atoms with Gasteiger partial charge < -0.3 is 9.52 Å². The Morgan fingerprint density at radius 1 is 1.11 bits per heavy atom. The van der Waals surface area contributed by atoms with E-state index in [-0.39, 0.29) is 11.5 Å². The van der Waals surface area contributed by atoms with Crippen LogP contribution in [-0.4, -0.2) is 20.6 Å². The summed E-state index contributed by atoms with van der Waals surface area (Å²) in [6.45, 7) is 5.00. The Balaban J connectivity index is 1.36. The van der Waals surface area contributed by atoms with Gasteiger partial charge >= 0.3 is 5.84 Å². The molecule has 6 atom stereocenters. The van der Waals surface area contributed by atoms with E-state index in [1.807, 2.05) is 12.4 Å². The van der Waals surface area contributed by atoms with Crippen LogP contribution in [0.5, 0.6) is 0 Å². The second kappa shape index (κ2) is 5.63. The molecule has 2 heterocycles. The van der Waals surface area contributed by atoms with Crippen molar-refractivity contribution < 1.29 is 9.52 Å². The number of allylic oxidation sites excluding steroid dienone is 3. The topological polar surface area (TPSA) is 50.7 Å². The van der Waals surface area contributed by atoms with Crippen molar-refractivity contribution in [2.75, 3.05) is 0 Å². The summed E-state index contributed by atoms with van der Waals surface area (Å²) >= 11 is 0. The van der Waals surface area contributed by atoms with Gasteiger partial charge in [0.1, 0.15) is 6.26 Å². The molecule has 0 aromatic carbocycles. The van der Waals surface area contributed by atoms with Crippen molar-refractivity contribution >= 4 is 11.4 Å². The van der Waals surface area contributed by atoms with Crippen molar-refractivity contribution in [1.82, 2.24) is 9.38 Å². The number of nitrogens with zero attached hydrogens (tertiary/aromatic N) is 2. The first-order valence-electron chi connectivity index (χ1n) is 11.0. The van der Waals surface area contributed by atoms with Gasteiger partial charge in [0.05, 0.1) is 18.0 Å². The largest absolute Gasteiger partial charge is 0.432 e. The molecule has 0 amide bonds. The summed E-state index contributed by atoms with van der Waals surface area (Å²) in [6, 6.07) is 0. The van der Waals surface area contributed by atoms with Crippen molar-refractivity contribution in [2.24, 2.45) is 28.6 Å². The molecule has 2 fully saturated rings. The van der Waals surface area contributed by atoms with Gasteiger partial charge in [-0.2, -0.15) is 0 Å². The number of aliphatic hydroxyl groups is 1. The monoisotopic (exact) mass is 378 g/mol. The number of aliphatic hydroxyl groups excluding tert-OH is 1. The second-order valence-corrected chi connectivity index (χ2v) is 10.2. The molecule has 4 heteroatoms. The molecule has 0 bridgehead atoms. The van der Waals surface area contributed by atoms with Gasteiger partial charge in [-0.25, -0.2) is 4.98 Å². The lowest BCUT2D eigenvalue weighted by Gasteiger charge is -2.57. The fourth-order valence-corrected chi connectivity index (χ4v) is 7.53. The molecule has 2 aromatic heterocycles. The van der Waals surface area contributed by atoms with Gasteiger partial charge in [-0.3, -0.25) is 4.40 Å². The van der Waals surface area contributed by atoms with Gasteiger partial charge in [0.25, 0.3) is 0 Å². The van der Waals surface area contributed by atoms with Crippen LogP contribution in [0.3, 0.4) is 0 Å². The Hall–Kier alpha value is -1.81. The van der Waals surface area contributed by atoms with Gasteiger partial charge in [-0.05, 0) is 79.1 Å². The fourth-order valence-electron chi connectivity index (χ4n) is 7.53. The fraction of sp³-hybridized carbons (Fsp3) is 0.625. The Morgan fingerprint density at radius 2 is 1.96 bits per heavy atom. The smallest absolute Gasteiger partial charge is 0.306 e. The summed E-state index contributed by atoms with van der Waals surface area (Å²) < 4.78 is 7.60. The normalized spacial score (nSPS) is 42.5. The molecule has 4 nitrogen and oxygen atoms in total. The van der Waals surface area contributed by atoms with E-state index >= 15 is 0 Å². The van der Waals surface area contributed by atoms with E-state index in [0.717, 1.165) is 31.1 Å². The molecule has 6 rings (SSSR count). The van der Waals surface area contributed by atoms with Crippen LogP contribution >= 0.6 is 0 Å². The first-order valence-corrected chi connectivity index (χ1v) is 11.0. The first kappa shape index (κ1) is 17.1. The third kappa shape index (κ3) is 2.07. The van der Waals surface area contributed by atoms with Crippen molar-refractivity contribution in [3.05, 3.63) is 42.1 Å². The van der Waals surface area contributed by atoms with E-state index in [1.165, 1.54) is 37.0 Å². The highest BCUT2D eigenvalue weighted by molar-refractivity contribution is 5.72. The van der Waals surface area contributed by atoms with Crippen LogP contribution in [0.4, 0.5) is 0 Å². The van der Waals surface area contributed by atoms with E-state index in [0.29, 0.717) is 17.2 Å². The molecule has 4 aliphatic rings. The van der Waals surface area contributed by atoms with E-state index in [1.54, 1.807) is 11.8 Å². The summed E-state index contributed by atoms with van der Waals surface area (Å²) in [5.74, 6) is 2.92. The summed E-state index contributed by atoms with van der Waals surface area (Å²) in [5, 5.41) is 10.2. The molecule has 0 saturated heterocycles. The van der Waals surface area contributed by atoms with Crippen molar-refractivity contribution in [3.63, 3.8) is 0 Å². The maximum atomic E-state index is 10.2. The van der Waals surface area contributed by atoms with E-state index in [9.17, 15) is 5.11 Å². The van der Waals surface area contributed by atoms with Gasteiger partial charge in [-0.15, -0.1) is 0 Å². The minimum atomic E-state index is -0.122. The van der Waals surface area contributed by atoms with Gasteiger partial charge in [0.2, 0.25) is 0 Å². The average molecular weight is 379 g/mol. The van der Waals surface area contributed by atoms with Crippen LogP contribution < -0.4 is 0 Å². The highest BCUT2D eigenvalue weighted by Crippen LogP contribution is 2.66. The number of rotatable bonds is 1. The summed E-state index contributed by atoms with van der Waals surface area (Å²) in [6.07, 6.45) is 18.5. The lowest BCUT2D eigenvalue weighted by Crippen LogP contribution is -2.49. The Kier molecular flexibility index (Phi) is 3.43. The zero-order chi connectivity index (χ0) is 19.1. The first-order chi connectivity index (χ1) is 13.5. The van der Waals surface area contributed by atoms with Crippen LogP contribution in [0.25, 0.3) is 11.4 Å². The van der Waals surface area contributed by atoms with Crippen LogP contribution in [0.2, 0.25) is 0 Å². The highest BCUT2D eigenvalue weighted by Gasteiger charge is 2.57. The molecule has 1 N–H and O–H groups in total. The van der Waals surface area contributed by atoms with Gasteiger partial charge in [0, 0.05) is 6.20 Å². The van der Waals surface area contributed by atoms with Crippen molar-refractivity contribution in [3.8, 4) is 0 Å². The number of fused-ring (bicyclic) bond motifs is 6. The maximum absolute atomic E-state index is 10.2. The molecular weight excluding hydrogens is 348 g/mol. The SMILES string of the molecule is CC12CCC3C(CC=C4C[C@@H](O)CC[C@@]43C)C1CC=C2c1cnc2occn12. The molecule has 4 aliphatic carbocycles. The number of hydrogen-bond donors (Lipinski definition) is 1. The molecule has 28 heavy (non-hydrogen) atoms. The quantitative estimate of drug-likeness (QED) is 0.690. The van der Waals surface area contributed by atoms with Crippen LogP contribution in [0.15, 0.2) is 40.8 Å². The van der Waals surface area contributed by atoms with Crippen LogP contribution in [0, 0.1) is 28.6 Å². The lowest BCUT2D eigenvalue weighted by atomic mass is 9.47. The van der Waals surface area contributed by atoms with Crippen LogP contribution in [-0.2, 0) is 0 Å². The average Bonchev–Trinajstić information content (AvgIpc) is 3.36. The zero-order valence-corrected chi connectivity index (χ0v) is 16.9. The number of imidazole rings is 1. The molecule has 0 radical (unpaired) electrons. The second-order valence-electron chi connectivity index (χ2n) is 10.2.